The summed E-state index contributed by atoms with van der Waals surface area (Å²) in [6.07, 6.45) is 0. The molecule has 100 valence electrons. The van der Waals surface area contributed by atoms with Gasteiger partial charge in [0.2, 0.25) is 0 Å². The Morgan fingerprint density at radius 3 is 2.68 bits per heavy atom. The zero-order valence-electron chi connectivity index (χ0n) is 9.91. The minimum absolute atomic E-state index is 0.173. The van der Waals surface area contributed by atoms with Gasteiger partial charge >= 0.3 is 0 Å². The number of nitrogens with one attached hydrogen (secondary N) is 1. The fourth-order valence-electron chi connectivity index (χ4n) is 1.77. The summed E-state index contributed by atoms with van der Waals surface area (Å²) in [4.78, 5) is 0. The first-order valence-electron chi connectivity index (χ1n) is 5.68. The van der Waals surface area contributed by atoms with Crippen LogP contribution in [-0.4, -0.2) is 11.7 Å². The van der Waals surface area contributed by atoms with E-state index >= 15 is 0 Å². The van der Waals surface area contributed by atoms with E-state index in [9.17, 15) is 9.50 Å². The van der Waals surface area contributed by atoms with E-state index in [0.29, 0.717) is 16.3 Å². The average Bonchev–Trinajstić information content (AvgIpc) is 2.41. The van der Waals surface area contributed by atoms with Crippen molar-refractivity contribution in [2.75, 3.05) is 11.9 Å². The molecule has 2 aromatic carbocycles. The number of halogens is 3. The fraction of sp³-hybridized carbons (Fsp3) is 0.143. The quantitative estimate of drug-likeness (QED) is 0.862. The first-order chi connectivity index (χ1) is 9.11. The number of aliphatic hydroxyl groups excluding tert-OH is 1. The minimum Gasteiger partial charge on any atom is -0.394 e. The molecule has 2 nitrogen and oxygen atoms in total. The van der Waals surface area contributed by atoms with Crippen molar-refractivity contribution in [3.63, 3.8) is 0 Å². The predicted octanol–water partition coefficient (Wildman–Crippen LogP) is 4.39. The molecule has 0 aromatic heterocycles. The van der Waals surface area contributed by atoms with Crippen LogP contribution in [0.4, 0.5) is 10.1 Å². The molecule has 0 saturated heterocycles. The number of hydrogen-bond acceptors (Lipinski definition) is 2. The number of aliphatic hydroxyl groups is 1. The van der Waals surface area contributed by atoms with Gasteiger partial charge in [-0.15, -0.1) is 0 Å². The van der Waals surface area contributed by atoms with Gasteiger partial charge in [0.15, 0.2) is 0 Å². The third kappa shape index (κ3) is 3.47. The first kappa shape index (κ1) is 14.3. The molecule has 19 heavy (non-hydrogen) atoms. The van der Waals surface area contributed by atoms with E-state index in [4.69, 9.17) is 11.6 Å². The highest BCUT2D eigenvalue weighted by Crippen LogP contribution is 2.29. The van der Waals surface area contributed by atoms with Crippen molar-refractivity contribution in [1.29, 1.82) is 0 Å². The molecular formula is C14H12BrClFNO. The van der Waals surface area contributed by atoms with Gasteiger partial charge in [0.05, 0.1) is 23.4 Å². The summed E-state index contributed by atoms with van der Waals surface area (Å²) in [6, 6.07) is 11.1. The molecular weight excluding hydrogens is 333 g/mol. The standard InChI is InChI=1S/C14H12BrClFNO/c15-11-6-5-9(17)7-10(11)14(8-19)18-13-4-2-1-3-12(13)16/h1-7,14,18-19H,8H2. The summed E-state index contributed by atoms with van der Waals surface area (Å²) in [7, 11) is 0. The van der Waals surface area contributed by atoms with E-state index in [2.05, 4.69) is 21.2 Å². The second-order valence-electron chi connectivity index (χ2n) is 4.03. The van der Waals surface area contributed by atoms with Crippen LogP contribution in [0.1, 0.15) is 11.6 Å². The molecule has 0 spiro atoms. The predicted molar refractivity (Wildman–Crippen MR) is 79.0 cm³/mol. The summed E-state index contributed by atoms with van der Waals surface area (Å²) in [5.74, 6) is -0.349. The third-order valence-electron chi connectivity index (χ3n) is 2.72. The van der Waals surface area contributed by atoms with E-state index < -0.39 is 6.04 Å². The number of para-hydroxylation sites is 1. The lowest BCUT2D eigenvalue weighted by molar-refractivity contribution is 0.276. The van der Waals surface area contributed by atoms with Crippen molar-refractivity contribution in [1.82, 2.24) is 0 Å². The summed E-state index contributed by atoms with van der Waals surface area (Å²) < 4.78 is 14.0. The molecule has 0 aliphatic rings. The second kappa shape index (κ2) is 6.37. The molecule has 0 bridgehead atoms. The Morgan fingerprint density at radius 2 is 2.00 bits per heavy atom. The van der Waals surface area contributed by atoms with Gasteiger partial charge in [-0.3, -0.25) is 0 Å². The Balaban J connectivity index is 2.30. The SMILES string of the molecule is OCC(Nc1ccccc1Cl)c1cc(F)ccc1Br. The van der Waals surface area contributed by atoms with Crippen molar-refractivity contribution in [3.05, 3.63) is 63.3 Å². The van der Waals surface area contributed by atoms with Crippen molar-refractivity contribution < 1.29 is 9.50 Å². The zero-order chi connectivity index (χ0) is 13.8. The molecule has 0 amide bonds. The third-order valence-corrected chi connectivity index (χ3v) is 3.77. The van der Waals surface area contributed by atoms with Gasteiger partial charge in [-0.2, -0.15) is 0 Å². The molecule has 0 saturated carbocycles. The van der Waals surface area contributed by atoms with Crippen LogP contribution < -0.4 is 5.32 Å². The van der Waals surface area contributed by atoms with E-state index in [-0.39, 0.29) is 12.4 Å². The van der Waals surface area contributed by atoms with Crippen molar-refractivity contribution >= 4 is 33.2 Å². The Labute approximate surface area is 124 Å². The molecule has 0 radical (unpaired) electrons. The van der Waals surface area contributed by atoms with Crippen LogP contribution >= 0.6 is 27.5 Å². The zero-order valence-corrected chi connectivity index (χ0v) is 12.2. The van der Waals surface area contributed by atoms with Crippen LogP contribution in [-0.2, 0) is 0 Å². The van der Waals surface area contributed by atoms with Crippen LogP contribution in [0.25, 0.3) is 0 Å². The molecule has 5 heteroatoms. The first-order valence-corrected chi connectivity index (χ1v) is 6.86. The van der Waals surface area contributed by atoms with E-state index in [1.54, 1.807) is 18.2 Å². The second-order valence-corrected chi connectivity index (χ2v) is 5.29. The van der Waals surface area contributed by atoms with Gasteiger partial charge < -0.3 is 10.4 Å². The maximum absolute atomic E-state index is 13.3. The number of benzene rings is 2. The molecule has 0 aliphatic carbocycles. The Morgan fingerprint density at radius 1 is 1.26 bits per heavy atom. The molecule has 1 atom stereocenters. The molecule has 2 rings (SSSR count). The summed E-state index contributed by atoms with van der Waals surface area (Å²) in [6.45, 7) is -0.173. The Kier molecular flexibility index (Phi) is 4.80. The van der Waals surface area contributed by atoms with Gasteiger partial charge in [-0.25, -0.2) is 4.39 Å². The van der Waals surface area contributed by atoms with Gasteiger partial charge in [0.1, 0.15) is 5.82 Å². The van der Waals surface area contributed by atoms with Crippen LogP contribution in [0.5, 0.6) is 0 Å². The lowest BCUT2D eigenvalue weighted by Gasteiger charge is -2.20. The van der Waals surface area contributed by atoms with E-state index in [1.807, 2.05) is 12.1 Å². The van der Waals surface area contributed by atoms with Crippen LogP contribution in [0, 0.1) is 5.82 Å². The largest absolute Gasteiger partial charge is 0.394 e. The van der Waals surface area contributed by atoms with Crippen LogP contribution in [0.15, 0.2) is 46.9 Å². The van der Waals surface area contributed by atoms with E-state index in [0.717, 1.165) is 4.47 Å². The Hall–Kier alpha value is -1.10. The maximum Gasteiger partial charge on any atom is 0.123 e. The lowest BCUT2D eigenvalue weighted by atomic mass is 10.1. The summed E-state index contributed by atoms with van der Waals surface area (Å²) in [5.41, 5.74) is 1.33. The highest BCUT2D eigenvalue weighted by Gasteiger charge is 2.15. The number of hydrogen-bond donors (Lipinski definition) is 2. The number of rotatable bonds is 4. The maximum atomic E-state index is 13.3. The lowest BCUT2D eigenvalue weighted by Crippen LogP contribution is -2.16. The average molecular weight is 345 g/mol. The van der Waals surface area contributed by atoms with Crippen LogP contribution in [0.2, 0.25) is 5.02 Å². The molecule has 0 heterocycles. The number of anilines is 1. The van der Waals surface area contributed by atoms with Crippen molar-refractivity contribution in [3.8, 4) is 0 Å². The summed E-state index contributed by atoms with van der Waals surface area (Å²) >= 11 is 9.41. The minimum atomic E-state index is -0.440. The van der Waals surface area contributed by atoms with Crippen molar-refractivity contribution in [2.24, 2.45) is 0 Å². The van der Waals surface area contributed by atoms with Crippen molar-refractivity contribution in [2.45, 2.75) is 6.04 Å². The molecule has 1 unspecified atom stereocenters. The van der Waals surface area contributed by atoms with Gasteiger partial charge in [0, 0.05) is 4.47 Å². The van der Waals surface area contributed by atoms with Crippen LogP contribution in [0.3, 0.4) is 0 Å². The van der Waals surface area contributed by atoms with Gasteiger partial charge in [-0.05, 0) is 35.9 Å². The fourth-order valence-corrected chi connectivity index (χ4v) is 2.48. The smallest absolute Gasteiger partial charge is 0.123 e. The highest BCUT2D eigenvalue weighted by molar-refractivity contribution is 9.10. The van der Waals surface area contributed by atoms with E-state index in [1.165, 1.54) is 12.1 Å². The molecule has 0 fully saturated rings. The monoisotopic (exact) mass is 343 g/mol. The Bertz CT molecular complexity index is 579. The topological polar surface area (TPSA) is 32.3 Å². The molecule has 0 aliphatic heterocycles. The highest BCUT2D eigenvalue weighted by atomic mass is 79.9. The summed E-state index contributed by atoms with van der Waals surface area (Å²) in [5, 5.41) is 13.2. The van der Waals surface area contributed by atoms with Gasteiger partial charge in [0.25, 0.3) is 0 Å². The van der Waals surface area contributed by atoms with Gasteiger partial charge in [-0.1, -0.05) is 39.7 Å². The normalized spacial score (nSPS) is 12.2. The molecule has 2 N–H and O–H groups in total. The molecule has 2 aromatic rings.